The largest absolute Gasteiger partial charge is 0.508 e. The number of methoxy groups -OCH3 is 1. The molecule has 5 nitrogen and oxygen atoms in total. The lowest BCUT2D eigenvalue weighted by Crippen LogP contribution is -2.32. The second-order valence-electron chi connectivity index (χ2n) is 3.15. The van der Waals surface area contributed by atoms with Crippen LogP contribution in [0.3, 0.4) is 0 Å². The van der Waals surface area contributed by atoms with E-state index < -0.39 is 12.0 Å². The molecule has 0 spiro atoms. The Balaban J connectivity index is 2.89. The molecule has 1 rings (SSSR count). The van der Waals surface area contributed by atoms with E-state index in [0.29, 0.717) is 11.3 Å². The first-order valence-corrected chi connectivity index (χ1v) is 4.39. The average molecular weight is 211 g/mol. The molecule has 0 heterocycles. The van der Waals surface area contributed by atoms with Gasteiger partial charge in [0, 0.05) is 12.5 Å². The van der Waals surface area contributed by atoms with Crippen LogP contribution in [-0.4, -0.2) is 29.3 Å². The van der Waals surface area contributed by atoms with Crippen molar-refractivity contribution in [1.82, 2.24) is 0 Å². The molecule has 5 heteroatoms. The SMILES string of the molecule is COc1cc(O)ccc1C[C@H](N)C(=O)O. The van der Waals surface area contributed by atoms with E-state index in [9.17, 15) is 9.90 Å². The number of rotatable bonds is 4. The van der Waals surface area contributed by atoms with Crippen molar-refractivity contribution in [2.75, 3.05) is 7.11 Å². The highest BCUT2D eigenvalue weighted by atomic mass is 16.5. The molecular weight excluding hydrogens is 198 g/mol. The molecule has 0 unspecified atom stereocenters. The quantitative estimate of drug-likeness (QED) is 0.668. The number of hydrogen-bond donors (Lipinski definition) is 3. The lowest BCUT2D eigenvalue weighted by molar-refractivity contribution is -0.138. The molecule has 0 saturated carbocycles. The normalized spacial score (nSPS) is 12.1. The summed E-state index contributed by atoms with van der Waals surface area (Å²) in [4.78, 5) is 10.6. The van der Waals surface area contributed by atoms with Crippen LogP contribution in [0.15, 0.2) is 18.2 Å². The number of benzene rings is 1. The Morgan fingerprint density at radius 2 is 2.27 bits per heavy atom. The number of aromatic hydroxyl groups is 1. The average Bonchev–Trinajstić information content (AvgIpc) is 2.20. The van der Waals surface area contributed by atoms with E-state index in [1.54, 1.807) is 6.07 Å². The number of carboxylic acids is 1. The first-order chi connectivity index (χ1) is 7.04. The van der Waals surface area contributed by atoms with E-state index in [-0.39, 0.29) is 12.2 Å². The summed E-state index contributed by atoms with van der Waals surface area (Å²) in [5.41, 5.74) is 6.05. The molecule has 0 aliphatic carbocycles. The minimum absolute atomic E-state index is 0.0690. The highest BCUT2D eigenvalue weighted by Crippen LogP contribution is 2.24. The first-order valence-electron chi connectivity index (χ1n) is 4.39. The van der Waals surface area contributed by atoms with Gasteiger partial charge < -0.3 is 20.7 Å². The second kappa shape index (κ2) is 4.65. The number of nitrogens with two attached hydrogens (primary N) is 1. The standard InChI is InChI=1S/C10H13NO4/c1-15-9-5-7(12)3-2-6(9)4-8(11)10(13)14/h2-3,5,8,12H,4,11H2,1H3,(H,13,14)/t8-/m0/s1. The lowest BCUT2D eigenvalue weighted by atomic mass is 10.1. The van der Waals surface area contributed by atoms with Gasteiger partial charge in [0.1, 0.15) is 17.5 Å². The number of phenols is 1. The highest BCUT2D eigenvalue weighted by molar-refractivity contribution is 5.73. The third kappa shape index (κ3) is 2.85. The van der Waals surface area contributed by atoms with Gasteiger partial charge in [-0.2, -0.15) is 0 Å². The van der Waals surface area contributed by atoms with E-state index in [0.717, 1.165) is 0 Å². The van der Waals surface area contributed by atoms with Gasteiger partial charge in [-0.15, -0.1) is 0 Å². The smallest absolute Gasteiger partial charge is 0.320 e. The first kappa shape index (κ1) is 11.3. The molecule has 1 aromatic carbocycles. The molecule has 1 aromatic rings. The minimum Gasteiger partial charge on any atom is -0.508 e. The van der Waals surface area contributed by atoms with Crippen molar-refractivity contribution < 1.29 is 19.7 Å². The zero-order valence-corrected chi connectivity index (χ0v) is 8.30. The zero-order chi connectivity index (χ0) is 11.4. The molecule has 0 amide bonds. The summed E-state index contributed by atoms with van der Waals surface area (Å²) >= 11 is 0. The number of carbonyl (C=O) groups is 1. The van der Waals surface area contributed by atoms with Gasteiger partial charge in [-0.1, -0.05) is 6.07 Å². The van der Waals surface area contributed by atoms with Crippen molar-refractivity contribution in [3.8, 4) is 11.5 Å². The molecule has 0 aliphatic rings. The number of hydrogen-bond acceptors (Lipinski definition) is 4. The maximum atomic E-state index is 10.6. The fourth-order valence-electron chi connectivity index (χ4n) is 1.23. The molecule has 0 radical (unpaired) electrons. The number of phenolic OH excluding ortho intramolecular Hbond substituents is 1. The van der Waals surface area contributed by atoms with E-state index in [1.807, 2.05) is 0 Å². The number of ether oxygens (including phenoxy) is 1. The van der Waals surface area contributed by atoms with Crippen LogP contribution < -0.4 is 10.5 Å². The van der Waals surface area contributed by atoms with Gasteiger partial charge in [0.15, 0.2) is 0 Å². The van der Waals surface area contributed by atoms with Crippen LogP contribution in [0.25, 0.3) is 0 Å². The fraction of sp³-hybridized carbons (Fsp3) is 0.300. The second-order valence-corrected chi connectivity index (χ2v) is 3.15. The molecule has 0 fully saturated rings. The van der Waals surface area contributed by atoms with Gasteiger partial charge in [-0.3, -0.25) is 4.79 Å². The van der Waals surface area contributed by atoms with Crippen LogP contribution in [-0.2, 0) is 11.2 Å². The van der Waals surface area contributed by atoms with E-state index in [2.05, 4.69) is 0 Å². The maximum absolute atomic E-state index is 10.6. The molecule has 0 aromatic heterocycles. The Labute approximate surface area is 87.1 Å². The molecule has 82 valence electrons. The van der Waals surface area contributed by atoms with Crippen molar-refractivity contribution in [1.29, 1.82) is 0 Å². The summed E-state index contributed by atoms with van der Waals surface area (Å²) in [7, 11) is 1.45. The van der Waals surface area contributed by atoms with E-state index in [1.165, 1.54) is 19.2 Å². The molecule has 15 heavy (non-hydrogen) atoms. The van der Waals surface area contributed by atoms with Crippen molar-refractivity contribution in [2.45, 2.75) is 12.5 Å². The Morgan fingerprint density at radius 1 is 1.60 bits per heavy atom. The number of aliphatic carboxylic acids is 1. The topological polar surface area (TPSA) is 92.8 Å². The summed E-state index contributed by atoms with van der Waals surface area (Å²) in [5, 5.41) is 17.8. The van der Waals surface area contributed by atoms with Crippen LogP contribution >= 0.6 is 0 Å². The lowest BCUT2D eigenvalue weighted by Gasteiger charge is -2.11. The third-order valence-electron chi connectivity index (χ3n) is 2.03. The number of carboxylic acid groups (broad SMARTS) is 1. The summed E-state index contributed by atoms with van der Waals surface area (Å²) in [5.74, 6) is -0.559. The summed E-state index contributed by atoms with van der Waals surface area (Å²) in [6.45, 7) is 0. The minimum atomic E-state index is -1.06. The van der Waals surface area contributed by atoms with Crippen LogP contribution in [0.4, 0.5) is 0 Å². The van der Waals surface area contributed by atoms with Crippen molar-refractivity contribution >= 4 is 5.97 Å². The monoisotopic (exact) mass is 211 g/mol. The summed E-state index contributed by atoms with van der Waals surface area (Å²) < 4.78 is 5.00. The summed E-state index contributed by atoms with van der Waals surface area (Å²) in [6.07, 6.45) is 0.165. The molecule has 0 aliphatic heterocycles. The van der Waals surface area contributed by atoms with Gasteiger partial charge in [0.2, 0.25) is 0 Å². The molecule has 0 saturated heterocycles. The van der Waals surface area contributed by atoms with Crippen molar-refractivity contribution in [3.63, 3.8) is 0 Å². The van der Waals surface area contributed by atoms with Crippen LogP contribution in [0.1, 0.15) is 5.56 Å². The van der Waals surface area contributed by atoms with Crippen LogP contribution in [0.5, 0.6) is 11.5 Å². The van der Waals surface area contributed by atoms with Crippen LogP contribution in [0.2, 0.25) is 0 Å². The third-order valence-corrected chi connectivity index (χ3v) is 2.03. The van der Waals surface area contributed by atoms with Gasteiger partial charge in [-0.25, -0.2) is 0 Å². The zero-order valence-electron chi connectivity index (χ0n) is 8.30. The highest BCUT2D eigenvalue weighted by Gasteiger charge is 2.15. The van der Waals surface area contributed by atoms with Crippen molar-refractivity contribution in [3.05, 3.63) is 23.8 Å². The Bertz CT molecular complexity index is 364. The summed E-state index contributed by atoms with van der Waals surface area (Å²) in [6, 6.07) is 3.51. The van der Waals surface area contributed by atoms with Gasteiger partial charge in [0.05, 0.1) is 7.11 Å². The van der Waals surface area contributed by atoms with E-state index in [4.69, 9.17) is 15.6 Å². The predicted octanol–water partition coefficient (Wildman–Crippen LogP) is 0.355. The van der Waals surface area contributed by atoms with Crippen LogP contribution in [0, 0.1) is 0 Å². The van der Waals surface area contributed by atoms with Gasteiger partial charge >= 0.3 is 5.97 Å². The Hall–Kier alpha value is -1.75. The molecule has 1 atom stereocenters. The molecule has 0 bridgehead atoms. The predicted molar refractivity (Wildman–Crippen MR) is 54.0 cm³/mol. The van der Waals surface area contributed by atoms with E-state index >= 15 is 0 Å². The fourth-order valence-corrected chi connectivity index (χ4v) is 1.23. The Kier molecular flexibility index (Phi) is 3.51. The Morgan fingerprint density at radius 3 is 2.80 bits per heavy atom. The van der Waals surface area contributed by atoms with Crippen molar-refractivity contribution in [2.24, 2.45) is 5.73 Å². The molecular formula is C10H13NO4. The van der Waals surface area contributed by atoms with Gasteiger partial charge in [-0.05, 0) is 11.6 Å². The van der Waals surface area contributed by atoms with Gasteiger partial charge in [0.25, 0.3) is 0 Å². The molecule has 4 N–H and O–H groups in total. The maximum Gasteiger partial charge on any atom is 0.320 e.